The molecule has 41 heavy (non-hydrogen) atoms. The summed E-state index contributed by atoms with van der Waals surface area (Å²) >= 11 is 0. The van der Waals surface area contributed by atoms with E-state index in [1.165, 1.54) is 36.4 Å². The van der Waals surface area contributed by atoms with Crippen molar-refractivity contribution in [1.29, 1.82) is 0 Å². The number of aromatic hydroxyl groups is 1. The molecule has 1 fully saturated rings. The first-order chi connectivity index (χ1) is 19.7. The van der Waals surface area contributed by atoms with Gasteiger partial charge in [0, 0.05) is 12.0 Å². The molecule has 0 aliphatic heterocycles. The van der Waals surface area contributed by atoms with Crippen molar-refractivity contribution >= 4 is 11.6 Å². The highest BCUT2D eigenvalue weighted by molar-refractivity contribution is 5.94. The SMILES string of the molecule is O=C(Nc1ccc(C2CC2)cc1F)[C@H](Cc1ccc(F)cc1)n1c(O)c(-c2ccc(OC[C@H](O)CO)cc2)[nH]c1=O. The number of amides is 1. The molecule has 0 saturated heterocycles. The van der Waals surface area contributed by atoms with Crippen molar-refractivity contribution in [2.45, 2.75) is 37.3 Å². The largest absolute Gasteiger partial charge is 0.493 e. The van der Waals surface area contributed by atoms with E-state index in [0.29, 0.717) is 22.8 Å². The topological polar surface area (TPSA) is 137 Å². The summed E-state index contributed by atoms with van der Waals surface area (Å²) in [4.78, 5) is 29.2. The highest BCUT2D eigenvalue weighted by Gasteiger charge is 2.29. The van der Waals surface area contributed by atoms with E-state index >= 15 is 0 Å². The number of rotatable bonds is 11. The number of carbonyl (C=O) groups excluding carboxylic acids is 1. The number of aromatic amines is 1. The lowest BCUT2D eigenvalue weighted by Crippen LogP contribution is -2.33. The molecule has 1 saturated carbocycles. The second-order valence-electron chi connectivity index (χ2n) is 10.0. The Kier molecular flexibility index (Phi) is 8.18. The number of nitrogens with zero attached hydrogens (tertiary/aromatic N) is 1. The summed E-state index contributed by atoms with van der Waals surface area (Å²) in [6.07, 6.45) is 0.841. The number of aliphatic hydroxyl groups excluding tert-OH is 2. The number of hydrogen-bond donors (Lipinski definition) is 5. The van der Waals surface area contributed by atoms with Gasteiger partial charge in [-0.1, -0.05) is 18.2 Å². The summed E-state index contributed by atoms with van der Waals surface area (Å²) in [5, 5.41) is 32.1. The van der Waals surface area contributed by atoms with Gasteiger partial charge in [0.25, 0.3) is 0 Å². The van der Waals surface area contributed by atoms with E-state index in [1.807, 2.05) is 0 Å². The predicted molar refractivity (Wildman–Crippen MR) is 147 cm³/mol. The van der Waals surface area contributed by atoms with Crippen LogP contribution in [0.4, 0.5) is 14.5 Å². The zero-order valence-corrected chi connectivity index (χ0v) is 21.9. The molecule has 0 bridgehead atoms. The number of carbonyl (C=O) groups is 1. The zero-order chi connectivity index (χ0) is 29.1. The minimum absolute atomic E-state index is 0.0359. The van der Waals surface area contributed by atoms with Gasteiger partial charge in [-0.2, -0.15) is 0 Å². The number of aliphatic hydroxyl groups is 2. The quantitative estimate of drug-likeness (QED) is 0.187. The number of hydrogen-bond acceptors (Lipinski definition) is 6. The molecule has 2 atom stereocenters. The van der Waals surface area contributed by atoms with E-state index in [9.17, 15) is 28.6 Å². The van der Waals surface area contributed by atoms with Crippen LogP contribution in [0.25, 0.3) is 11.3 Å². The van der Waals surface area contributed by atoms with E-state index in [-0.39, 0.29) is 24.4 Å². The Hall–Kier alpha value is -4.48. The molecule has 4 aromatic rings. The van der Waals surface area contributed by atoms with Crippen molar-refractivity contribution in [3.8, 4) is 22.9 Å². The van der Waals surface area contributed by atoms with E-state index in [1.54, 1.807) is 30.3 Å². The van der Waals surface area contributed by atoms with Crippen molar-refractivity contribution < 1.29 is 33.6 Å². The Bertz CT molecular complexity index is 1580. The summed E-state index contributed by atoms with van der Waals surface area (Å²) in [5.74, 6) is -1.65. The minimum Gasteiger partial charge on any atom is -0.493 e. The Morgan fingerprint density at radius 3 is 2.41 bits per heavy atom. The molecule has 1 amide bonds. The van der Waals surface area contributed by atoms with Crippen molar-refractivity contribution in [3.63, 3.8) is 0 Å². The normalized spacial score (nSPS) is 14.4. The van der Waals surface area contributed by atoms with Gasteiger partial charge in [-0.25, -0.2) is 18.1 Å². The van der Waals surface area contributed by atoms with Gasteiger partial charge in [0.15, 0.2) is 0 Å². The van der Waals surface area contributed by atoms with Crippen LogP contribution in [0.3, 0.4) is 0 Å². The molecule has 1 aromatic heterocycles. The van der Waals surface area contributed by atoms with Crippen LogP contribution in [0.15, 0.2) is 71.5 Å². The average Bonchev–Trinajstić information content (AvgIpc) is 3.78. The number of aromatic nitrogens is 2. The first-order valence-corrected chi connectivity index (χ1v) is 13.1. The van der Waals surface area contributed by atoms with Gasteiger partial charge in [-0.15, -0.1) is 0 Å². The van der Waals surface area contributed by atoms with Gasteiger partial charge >= 0.3 is 5.69 Å². The number of nitrogens with one attached hydrogen (secondary N) is 2. The molecule has 1 heterocycles. The molecule has 11 heteroatoms. The molecule has 0 radical (unpaired) electrons. The van der Waals surface area contributed by atoms with Crippen LogP contribution in [-0.2, 0) is 11.2 Å². The molecular formula is C30H29F2N3O6. The maximum atomic E-state index is 14.9. The Labute approximate surface area is 233 Å². The fourth-order valence-corrected chi connectivity index (χ4v) is 4.56. The van der Waals surface area contributed by atoms with Crippen LogP contribution in [0, 0.1) is 11.6 Å². The number of benzene rings is 3. The summed E-state index contributed by atoms with van der Waals surface area (Å²) in [5.41, 5.74) is 0.958. The number of imidazole rings is 1. The third-order valence-corrected chi connectivity index (χ3v) is 6.96. The molecule has 5 rings (SSSR count). The Morgan fingerprint density at radius 1 is 1.07 bits per heavy atom. The summed E-state index contributed by atoms with van der Waals surface area (Å²) in [6, 6.07) is 14.9. The number of ether oxygens (including phenoxy) is 1. The van der Waals surface area contributed by atoms with Gasteiger partial charge in [0.2, 0.25) is 11.8 Å². The van der Waals surface area contributed by atoms with Crippen LogP contribution in [0.1, 0.15) is 35.9 Å². The van der Waals surface area contributed by atoms with Crippen molar-refractivity contribution in [2.24, 2.45) is 0 Å². The van der Waals surface area contributed by atoms with Gasteiger partial charge in [0.05, 0.1) is 12.3 Å². The molecule has 9 nitrogen and oxygen atoms in total. The van der Waals surface area contributed by atoms with Gasteiger partial charge in [0.1, 0.15) is 41.8 Å². The van der Waals surface area contributed by atoms with Gasteiger partial charge in [-0.3, -0.25) is 4.79 Å². The average molecular weight is 566 g/mol. The number of H-pyrrole nitrogens is 1. The molecule has 1 aliphatic rings. The fourth-order valence-electron chi connectivity index (χ4n) is 4.56. The number of halogens is 2. The Balaban J connectivity index is 1.44. The second kappa shape index (κ2) is 11.9. The van der Waals surface area contributed by atoms with Gasteiger partial charge < -0.3 is 30.4 Å². The van der Waals surface area contributed by atoms with Crippen molar-refractivity contribution in [2.75, 3.05) is 18.5 Å². The van der Waals surface area contributed by atoms with E-state index < -0.39 is 47.9 Å². The maximum absolute atomic E-state index is 14.9. The molecule has 1 aliphatic carbocycles. The molecule has 0 spiro atoms. The van der Waals surface area contributed by atoms with Crippen molar-refractivity contribution in [1.82, 2.24) is 9.55 Å². The first-order valence-electron chi connectivity index (χ1n) is 13.1. The fraction of sp³-hybridized carbons (Fsp3) is 0.267. The van der Waals surface area contributed by atoms with Crippen LogP contribution < -0.4 is 15.7 Å². The lowest BCUT2D eigenvalue weighted by atomic mass is 10.0. The third-order valence-electron chi connectivity index (χ3n) is 6.96. The summed E-state index contributed by atoms with van der Waals surface area (Å²) in [6.45, 7) is -0.579. The van der Waals surface area contributed by atoms with E-state index in [2.05, 4.69) is 10.3 Å². The monoisotopic (exact) mass is 565 g/mol. The summed E-state index contributed by atoms with van der Waals surface area (Å²) in [7, 11) is 0. The lowest BCUT2D eigenvalue weighted by molar-refractivity contribution is -0.119. The Morgan fingerprint density at radius 2 is 1.78 bits per heavy atom. The minimum atomic E-state index is -1.32. The van der Waals surface area contributed by atoms with Crippen LogP contribution >= 0.6 is 0 Å². The first kappa shape index (κ1) is 28.1. The second-order valence-corrected chi connectivity index (χ2v) is 10.0. The van der Waals surface area contributed by atoms with Crippen molar-refractivity contribution in [3.05, 3.63) is 100.0 Å². The lowest BCUT2D eigenvalue weighted by Gasteiger charge is -2.19. The maximum Gasteiger partial charge on any atom is 0.329 e. The van der Waals surface area contributed by atoms with Crippen LogP contribution in [-0.4, -0.2) is 50.1 Å². The standard InChI is InChI=1S/C30H29F2N3O6/c31-21-8-1-17(2-9-21)13-26(28(38)33-25-12-7-20(14-24(25)32)18-3-4-18)35-29(39)27(34-30(35)40)19-5-10-23(11-6-19)41-16-22(37)15-36/h1-2,5-12,14,18,22,26,36-37,39H,3-4,13,15-16H2,(H,33,38)(H,34,40)/t22-,26+/m1/s1. The molecule has 0 unspecified atom stereocenters. The predicted octanol–water partition coefficient (Wildman–Crippen LogP) is 3.86. The highest BCUT2D eigenvalue weighted by Crippen LogP contribution is 2.41. The van der Waals surface area contributed by atoms with Crippen LogP contribution in [0.5, 0.6) is 11.6 Å². The highest BCUT2D eigenvalue weighted by atomic mass is 19.1. The zero-order valence-electron chi connectivity index (χ0n) is 21.9. The van der Waals surface area contributed by atoms with Gasteiger partial charge in [-0.05, 0) is 78.4 Å². The third kappa shape index (κ3) is 6.47. The molecular weight excluding hydrogens is 536 g/mol. The molecule has 3 aromatic carbocycles. The van der Waals surface area contributed by atoms with E-state index in [4.69, 9.17) is 9.84 Å². The van der Waals surface area contributed by atoms with Crippen LogP contribution in [0.2, 0.25) is 0 Å². The van der Waals surface area contributed by atoms with E-state index in [0.717, 1.165) is 23.0 Å². The molecule has 5 N–H and O–H groups in total. The summed E-state index contributed by atoms with van der Waals surface area (Å²) < 4.78 is 34.7. The molecule has 214 valence electrons. The number of anilines is 1. The smallest absolute Gasteiger partial charge is 0.329 e.